The summed E-state index contributed by atoms with van der Waals surface area (Å²) >= 11 is 6.11. The summed E-state index contributed by atoms with van der Waals surface area (Å²) in [5.41, 5.74) is 3.01. The minimum Gasteiger partial charge on any atom is -0.377 e. The van der Waals surface area contributed by atoms with Gasteiger partial charge in [-0.25, -0.2) is 9.67 Å². The maximum Gasteiger partial charge on any atom is 0.138 e. The molecule has 0 bridgehead atoms. The fraction of sp³-hybridized carbons (Fsp3) is 0.133. The summed E-state index contributed by atoms with van der Waals surface area (Å²) in [6, 6.07) is 10.1. The Morgan fingerprint density at radius 3 is 2.62 bits per heavy atom. The molecule has 5 nitrogen and oxygen atoms in total. The van der Waals surface area contributed by atoms with Crippen LogP contribution in [0.3, 0.4) is 0 Å². The molecule has 3 aromatic rings. The highest BCUT2D eigenvalue weighted by Crippen LogP contribution is 2.25. The van der Waals surface area contributed by atoms with Crippen LogP contribution in [0.15, 0.2) is 55.4 Å². The monoisotopic (exact) mass is 299 g/mol. The average molecular weight is 300 g/mol. The lowest BCUT2D eigenvalue weighted by Gasteiger charge is -2.16. The Bertz CT molecular complexity index is 709. The van der Waals surface area contributed by atoms with Crippen LogP contribution in [0, 0.1) is 0 Å². The molecule has 2 aromatic heterocycles. The van der Waals surface area contributed by atoms with Crippen molar-refractivity contribution in [2.45, 2.75) is 13.0 Å². The second-order valence-electron chi connectivity index (χ2n) is 4.65. The van der Waals surface area contributed by atoms with E-state index in [1.54, 1.807) is 23.4 Å². The Kier molecular flexibility index (Phi) is 3.83. The number of anilines is 1. The lowest BCUT2D eigenvalue weighted by atomic mass is 10.1. The minimum absolute atomic E-state index is 0.134. The third-order valence-electron chi connectivity index (χ3n) is 3.22. The van der Waals surface area contributed by atoms with Crippen molar-refractivity contribution >= 4 is 17.3 Å². The number of halogens is 1. The number of nitrogens with one attached hydrogen (secondary N) is 1. The van der Waals surface area contributed by atoms with Gasteiger partial charge in [0.25, 0.3) is 0 Å². The van der Waals surface area contributed by atoms with E-state index in [0.717, 1.165) is 16.9 Å². The molecule has 0 aliphatic rings. The molecule has 0 saturated heterocycles. The largest absolute Gasteiger partial charge is 0.377 e. The van der Waals surface area contributed by atoms with E-state index in [2.05, 4.69) is 39.4 Å². The highest BCUT2D eigenvalue weighted by Gasteiger charge is 2.08. The number of rotatable bonds is 4. The SMILES string of the molecule is CC(Nc1ccncc1Cl)c1ccc(-n2cncn2)cc1. The minimum atomic E-state index is 0.134. The van der Waals surface area contributed by atoms with Crippen LogP contribution in [-0.4, -0.2) is 19.7 Å². The molecular weight excluding hydrogens is 286 g/mol. The molecule has 106 valence electrons. The summed E-state index contributed by atoms with van der Waals surface area (Å²) < 4.78 is 1.72. The van der Waals surface area contributed by atoms with Crippen LogP contribution in [0.2, 0.25) is 5.02 Å². The van der Waals surface area contributed by atoms with Crippen LogP contribution in [0.4, 0.5) is 5.69 Å². The van der Waals surface area contributed by atoms with Gasteiger partial charge < -0.3 is 5.32 Å². The second-order valence-corrected chi connectivity index (χ2v) is 5.06. The first-order valence-electron chi connectivity index (χ1n) is 6.55. The highest BCUT2D eigenvalue weighted by molar-refractivity contribution is 6.33. The van der Waals surface area contributed by atoms with Gasteiger partial charge >= 0.3 is 0 Å². The predicted molar refractivity (Wildman–Crippen MR) is 82.6 cm³/mol. The Morgan fingerprint density at radius 1 is 1.14 bits per heavy atom. The summed E-state index contributed by atoms with van der Waals surface area (Å²) in [7, 11) is 0. The standard InChI is InChI=1S/C15H14ClN5/c1-11(20-15-6-7-17-8-14(15)16)12-2-4-13(5-3-12)21-10-18-9-19-21/h2-11H,1H3,(H,17,20). The third kappa shape index (κ3) is 3.03. The zero-order valence-electron chi connectivity index (χ0n) is 11.4. The zero-order chi connectivity index (χ0) is 14.7. The first-order chi connectivity index (χ1) is 10.2. The Balaban J connectivity index is 1.76. The van der Waals surface area contributed by atoms with Crippen LogP contribution in [0.1, 0.15) is 18.5 Å². The Labute approximate surface area is 127 Å². The smallest absolute Gasteiger partial charge is 0.138 e. The van der Waals surface area contributed by atoms with Crippen LogP contribution in [0.25, 0.3) is 5.69 Å². The number of nitrogens with zero attached hydrogens (tertiary/aromatic N) is 4. The molecule has 0 aliphatic heterocycles. The summed E-state index contributed by atoms with van der Waals surface area (Å²) in [6.07, 6.45) is 6.54. The molecule has 2 heterocycles. The predicted octanol–water partition coefficient (Wildman–Crippen LogP) is 3.49. The van der Waals surface area contributed by atoms with Gasteiger partial charge in [0.1, 0.15) is 12.7 Å². The van der Waals surface area contributed by atoms with E-state index in [1.807, 2.05) is 18.2 Å². The van der Waals surface area contributed by atoms with Crippen molar-refractivity contribution in [3.8, 4) is 5.69 Å². The van der Waals surface area contributed by atoms with E-state index >= 15 is 0 Å². The van der Waals surface area contributed by atoms with E-state index in [1.165, 1.54) is 6.33 Å². The number of benzene rings is 1. The number of hydrogen-bond acceptors (Lipinski definition) is 4. The van der Waals surface area contributed by atoms with E-state index in [9.17, 15) is 0 Å². The van der Waals surface area contributed by atoms with Gasteiger partial charge in [-0.1, -0.05) is 23.7 Å². The first kappa shape index (κ1) is 13.6. The van der Waals surface area contributed by atoms with E-state index in [0.29, 0.717) is 5.02 Å². The summed E-state index contributed by atoms with van der Waals surface area (Å²) in [6.45, 7) is 2.08. The molecule has 0 radical (unpaired) electrons. The highest BCUT2D eigenvalue weighted by atomic mass is 35.5. The Hall–Kier alpha value is -2.40. The second kappa shape index (κ2) is 5.93. The molecule has 21 heavy (non-hydrogen) atoms. The van der Waals surface area contributed by atoms with Gasteiger partial charge in [-0.15, -0.1) is 0 Å². The number of pyridine rings is 1. The lowest BCUT2D eigenvalue weighted by molar-refractivity contribution is 0.862. The van der Waals surface area contributed by atoms with Crippen molar-refractivity contribution in [2.24, 2.45) is 0 Å². The molecule has 0 saturated carbocycles. The molecule has 0 amide bonds. The zero-order valence-corrected chi connectivity index (χ0v) is 12.2. The van der Waals surface area contributed by atoms with E-state index < -0.39 is 0 Å². The molecule has 0 fully saturated rings. The van der Waals surface area contributed by atoms with Gasteiger partial charge in [0.05, 0.1) is 16.4 Å². The molecule has 1 unspecified atom stereocenters. The number of aromatic nitrogens is 4. The maximum atomic E-state index is 6.11. The maximum absolute atomic E-state index is 6.11. The van der Waals surface area contributed by atoms with E-state index in [-0.39, 0.29) is 6.04 Å². The Morgan fingerprint density at radius 2 is 1.95 bits per heavy atom. The quantitative estimate of drug-likeness (QED) is 0.801. The van der Waals surface area contributed by atoms with Crippen molar-refractivity contribution in [1.29, 1.82) is 0 Å². The van der Waals surface area contributed by atoms with Crippen LogP contribution in [-0.2, 0) is 0 Å². The normalized spacial score (nSPS) is 12.1. The fourth-order valence-electron chi connectivity index (χ4n) is 2.07. The molecule has 0 aliphatic carbocycles. The lowest BCUT2D eigenvalue weighted by Crippen LogP contribution is -2.07. The van der Waals surface area contributed by atoms with Crippen molar-refractivity contribution < 1.29 is 0 Å². The van der Waals surface area contributed by atoms with Crippen molar-refractivity contribution in [3.05, 3.63) is 66.0 Å². The number of hydrogen-bond donors (Lipinski definition) is 1. The molecule has 3 rings (SSSR count). The summed E-state index contributed by atoms with van der Waals surface area (Å²) in [5, 5.41) is 8.09. The summed E-state index contributed by atoms with van der Waals surface area (Å²) in [5.74, 6) is 0. The van der Waals surface area contributed by atoms with Crippen LogP contribution < -0.4 is 5.32 Å². The average Bonchev–Trinajstić information content (AvgIpc) is 3.04. The van der Waals surface area contributed by atoms with Gasteiger partial charge in [0.2, 0.25) is 0 Å². The summed E-state index contributed by atoms with van der Waals surface area (Å²) in [4.78, 5) is 7.92. The molecule has 1 atom stereocenters. The van der Waals surface area contributed by atoms with Gasteiger partial charge in [-0.2, -0.15) is 5.10 Å². The van der Waals surface area contributed by atoms with Gasteiger partial charge in [-0.3, -0.25) is 4.98 Å². The van der Waals surface area contributed by atoms with Gasteiger partial charge in [-0.05, 0) is 30.7 Å². The van der Waals surface area contributed by atoms with E-state index in [4.69, 9.17) is 11.6 Å². The van der Waals surface area contributed by atoms with Gasteiger partial charge in [0.15, 0.2) is 0 Å². The van der Waals surface area contributed by atoms with Crippen molar-refractivity contribution in [2.75, 3.05) is 5.32 Å². The first-order valence-corrected chi connectivity index (χ1v) is 6.93. The van der Waals surface area contributed by atoms with Crippen LogP contribution >= 0.6 is 11.6 Å². The topological polar surface area (TPSA) is 55.6 Å². The van der Waals surface area contributed by atoms with Crippen molar-refractivity contribution in [3.63, 3.8) is 0 Å². The van der Waals surface area contributed by atoms with Gasteiger partial charge in [0, 0.05) is 18.4 Å². The molecule has 1 aromatic carbocycles. The molecule has 1 N–H and O–H groups in total. The third-order valence-corrected chi connectivity index (χ3v) is 3.52. The molecular formula is C15H14ClN5. The van der Waals surface area contributed by atoms with Crippen molar-refractivity contribution in [1.82, 2.24) is 19.7 Å². The molecule has 6 heteroatoms. The molecule has 0 spiro atoms. The fourth-order valence-corrected chi connectivity index (χ4v) is 2.24. The van der Waals surface area contributed by atoms with Crippen LogP contribution in [0.5, 0.6) is 0 Å².